The predicted molar refractivity (Wildman–Crippen MR) is 104 cm³/mol. The fourth-order valence-corrected chi connectivity index (χ4v) is 3.50. The number of benzene rings is 1. The van der Waals surface area contributed by atoms with Gasteiger partial charge in [-0.05, 0) is 50.9 Å². The van der Waals surface area contributed by atoms with Gasteiger partial charge in [0.25, 0.3) is 0 Å². The van der Waals surface area contributed by atoms with Crippen molar-refractivity contribution in [3.63, 3.8) is 0 Å². The molecule has 0 unspecified atom stereocenters. The van der Waals surface area contributed by atoms with E-state index in [0.717, 1.165) is 36.3 Å². The standard InChI is InChI=1S/C20H28N4O3/c1-13-11-22-24(12-15-5-6-17(26-3)18(10-15)27-4)19(13)23-20(25)16-7-8-21-14(2)9-16/h5-6,10-11,14,16,21H,7-9,12H2,1-4H3,(H,23,25)/t14-,16-/m0/s1. The van der Waals surface area contributed by atoms with Gasteiger partial charge in [0.05, 0.1) is 27.0 Å². The summed E-state index contributed by atoms with van der Waals surface area (Å²) < 4.78 is 12.5. The minimum Gasteiger partial charge on any atom is -0.493 e. The molecule has 2 atom stereocenters. The number of ether oxygens (including phenoxy) is 2. The normalized spacial score (nSPS) is 19.6. The van der Waals surface area contributed by atoms with Gasteiger partial charge >= 0.3 is 0 Å². The van der Waals surface area contributed by atoms with Crippen LogP contribution in [0.3, 0.4) is 0 Å². The van der Waals surface area contributed by atoms with Crippen molar-refractivity contribution in [1.29, 1.82) is 0 Å². The highest BCUT2D eigenvalue weighted by Gasteiger charge is 2.26. The number of hydrogen-bond acceptors (Lipinski definition) is 5. The van der Waals surface area contributed by atoms with Gasteiger partial charge in [0.15, 0.2) is 11.5 Å². The van der Waals surface area contributed by atoms with Crippen molar-refractivity contribution >= 4 is 11.7 Å². The molecule has 1 saturated heterocycles. The Morgan fingerprint density at radius 3 is 2.81 bits per heavy atom. The summed E-state index contributed by atoms with van der Waals surface area (Å²) >= 11 is 0. The van der Waals surface area contributed by atoms with Crippen LogP contribution in [0.5, 0.6) is 11.5 Å². The second-order valence-corrected chi connectivity index (χ2v) is 7.09. The summed E-state index contributed by atoms with van der Waals surface area (Å²) in [6.07, 6.45) is 3.50. The number of hydrogen-bond donors (Lipinski definition) is 2. The third-order valence-corrected chi connectivity index (χ3v) is 5.04. The van der Waals surface area contributed by atoms with Crippen LogP contribution in [0.15, 0.2) is 24.4 Å². The fourth-order valence-electron chi connectivity index (χ4n) is 3.50. The van der Waals surface area contributed by atoms with Gasteiger partial charge in [-0.3, -0.25) is 4.79 Å². The summed E-state index contributed by atoms with van der Waals surface area (Å²) in [5.41, 5.74) is 1.97. The predicted octanol–water partition coefficient (Wildman–Crippen LogP) is 2.58. The topological polar surface area (TPSA) is 77.4 Å². The van der Waals surface area contributed by atoms with E-state index in [2.05, 4.69) is 22.7 Å². The van der Waals surface area contributed by atoms with Crippen molar-refractivity contribution in [2.24, 2.45) is 5.92 Å². The van der Waals surface area contributed by atoms with Crippen molar-refractivity contribution in [3.8, 4) is 11.5 Å². The second kappa shape index (κ2) is 8.43. The number of carbonyl (C=O) groups excluding carboxylic acids is 1. The average Bonchev–Trinajstić information content (AvgIpc) is 3.01. The van der Waals surface area contributed by atoms with Crippen LogP contribution in [0.2, 0.25) is 0 Å². The van der Waals surface area contributed by atoms with Crippen molar-refractivity contribution in [1.82, 2.24) is 15.1 Å². The number of methoxy groups -OCH3 is 2. The monoisotopic (exact) mass is 372 g/mol. The highest BCUT2D eigenvalue weighted by atomic mass is 16.5. The van der Waals surface area contributed by atoms with Gasteiger partial charge in [-0.1, -0.05) is 6.07 Å². The van der Waals surface area contributed by atoms with Gasteiger partial charge in [0.1, 0.15) is 5.82 Å². The quantitative estimate of drug-likeness (QED) is 0.815. The third kappa shape index (κ3) is 4.42. The number of aryl methyl sites for hydroxylation is 1. The zero-order valence-electron chi connectivity index (χ0n) is 16.4. The fraction of sp³-hybridized carbons (Fsp3) is 0.500. The van der Waals surface area contributed by atoms with E-state index >= 15 is 0 Å². The lowest BCUT2D eigenvalue weighted by atomic mass is 9.92. The Hall–Kier alpha value is -2.54. The van der Waals surface area contributed by atoms with Gasteiger partial charge in [0.2, 0.25) is 5.91 Å². The Morgan fingerprint density at radius 1 is 1.33 bits per heavy atom. The van der Waals surface area contributed by atoms with Crippen molar-refractivity contribution in [2.75, 3.05) is 26.1 Å². The lowest BCUT2D eigenvalue weighted by Crippen LogP contribution is -2.40. The number of aromatic nitrogens is 2. The van der Waals surface area contributed by atoms with E-state index in [9.17, 15) is 4.79 Å². The molecule has 3 rings (SSSR count). The molecule has 1 fully saturated rings. The summed E-state index contributed by atoms with van der Waals surface area (Å²) in [4.78, 5) is 12.7. The minimum atomic E-state index is 0.0325. The van der Waals surface area contributed by atoms with Crippen LogP contribution >= 0.6 is 0 Å². The van der Waals surface area contributed by atoms with Crippen LogP contribution in [0.1, 0.15) is 30.9 Å². The van der Waals surface area contributed by atoms with E-state index in [1.54, 1.807) is 20.4 Å². The molecule has 0 bridgehead atoms. The largest absolute Gasteiger partial charge is 0.493 e. The van der Waals surface area contributed by atoms with Gasteiger partial charge in [-0.2, -0.15) is 5.10 Å². The summed E-state index contributed by atoms with van der Waals surface area (Å²) in [6.45, 7) is 5.49. The molecule has 0 saturated carbocycles. The van der Waals surface area contributed by atoms with Crippen LogP contribution in [0.4, 0.5) is 5.82 Å². The Morgan fingerprint density at radius 2 is 2.11 bits per heavy atom. The maximum absolute atomic E-state index is 12.7. The Balaban J connectivity index is 1.75. The van der Waals surface area contributed by atoms with E-state index in [1.807, 2.05) is 29.8 Å². The molecule has 0 radical (unpaired) electrons. The molecular formula is C20H28N4O3. The van der Waals surface area contributed by atoms with E-state index in [0.29, 0.717) is 24.1 Å². The molecule has 146 valence electrons. The lowest BCUT2D eigenvalue weighted by molar-refractivity contribution is -0.120. The number of carbonyl (C=O) groups is 1. The summed E-state index contributed by atoms with van der Waals surface area (Å²) in [6, 6.07) is 6.14. The molecule has 0 aliphatic carbocycles. The van der Waals surface area contributed by atoms with Crippen molar-refractivity contribution in [2.45, 2.75) is 39.3 Å². The zero-order chi connectivity index (χ0) is 19.4. The minimum absolute atomic E-state index is 0.0325. The van der Waals surface area contributed by atoms with Gasteiger partial charge in [0, 0.05) is 17.5 Å². The van der Waals surface area contributed by atoms with Crippen molar-refractivity contribution in [3.05, 3.63) is 35.5 Å². The Labute approximate surface area is 160 Å². The van der Waals surface area contributed by atoms with E-state index in [-0.39, 0.29) is 11.8 Å². The zero-order valence-corrected chi connectivity index (χ0v) is 16.4. The summed E-state index contributed by atoms with van der Waals surface area (Å²) in [7, 11) is 3.23. The maximum atomic E-state index is 12.7. The first-order valence-corrected chi connectivity index (χ1v) is 9.29. The second-order valence-electron chi connectivity index (χ2n) is 7.09. The van der Waals surface area contributed by atoms with E-state index in [4.69, 9.17) is 9.47 Å². The number of anilines is 1. The molecule has 1 aromatic carbocycles. The summed E-state index contributed by atoms with van der Waals surface area (Å²) in [5, 5.41) is 10.9. The summed E-state index contributed by atoms with van der Waals surface area (Å²) in [5.74, 6) is 2.21. The molecule has 2 aromatic rings. The lowest BCUT2D eigenvalue weighted by Gasteiger charge is -2.27. The van der Waals surface area contributed by atoms with Gasteiger partial charge in [-0.25, -0.2) is 4.68 Å². The molecule has 1 aliphatic rings. The SMILES string of the molecule is COc1ccc(Cn2ncc(C)c2NC(=O)[C@H]2CCN[C@@H](C)C2)cc1OC. The van der Waals surface area contributed by atoms with Crippen LogP contribution in [0, 0.1) is 12.8 Å². The molecule has 2 N–H and O–H groups in total. The van der Waals surface area contributed by atoms with Crippen LogP contribution in [-0.2, 0) is 11.3 Å². The molecule has 1 amide bonds. The van der Waals surface area contributed by atoms with Gasteiger partial charge < -0.3 is 20.1 Å². The molecule has 2 heterocycles. The first-order valence-electron chi connectivity index (χ1n) is 9.29. The van der Waals surface area contributed by atoms with Crippen LogP contribution in [-0.4, -0.2) is 42.5 Å². The van der Waals surface area contributed by atoms with E-state index in [1.165, 1.54) is 0 Å². The number of rotatable bonds is 6. The third-order valence-electron chi connectivity index (χ3n) is 5.04. The Bertz CT molecular complexity index is 803. The number of piperidine rings is 1. The maximum Gasteiger partial charge on any atom is 0.228 e. The van der Waals surface area contributed by atoms with Gasteiger partial charge in [-0.15, -0.1) is 0 Å². The average molecular weight is 372 g/mol. The first kappa shape index (κ1) is 19.2. The molecular weight excluding hydrogens is 344 g/mol. The molecule has 1 aliphatic heterocycles. The van der Waals surface area contributed by atoms with Crippen LogP contribution in [0.25, 0.3) is 0 Å². The van der Waals surface area contributed by atoms with Crippen LogP contribution < -0.4 is 20.1 Å². The Kier molecular flexibility index (Phi) is 6.01. The molecule has 1 aromatic heterocycles. The highest BCUT2D eigenvalue weighted by molar-refractivity contribution is 5.92. The number of nitrogens with one attached hydrogen (secondary N) is 2. The number of nitrogens with zero attached hydrogens (tertiary/aromatic N) is 2. The molecule has 27 heavy (non-hydrogen) atoms. The molecule has 7 nitrogen and oxygen atoms in total. The van der Waals surface area contributed by atoms with E-state index < -0.39 is 0 Å². The van der Waals surface area contributed by atoms with Crippen molar-refractivity contribution < 1.29 is 14.3 Å². The first-order chi connectivity index (χ1) is 13.0. The molecule has 0 spiro atoms. The highest BCUT2D eigenvalue weighted by Crippen LogP contribution is 2.28. The smallest absolute Gasteiger partial charge is 0.228 e. The molecule has 7 heteroatoms. The number of amides is 1.